The molecule has 3 N–H and O–H groups in total. The van der Waals surface area contributed by atoms with Gasteiger partial charge in [0, 0.05) is 16.1 Å². The Morgan fingerprint density at radius 1 is 1.28 bits per heavy atom. The minimum Gasteiger partial charge on any atom is -0.507 e. The second kappa shape index (κ2) is 4.31. The van der Waals surface area contributed by atoms with Crippen molar-refractivity contribution in [3.63, 3.8) is 0 Å². The van der Waals surface area contributed by atoms with E-state index in [9.17, 15) is 5.11 Å². The number of hydrogen-bond acceptors (Lipinski definition) is 4. The van der Waals surface area contributed by atoms with Crippen LogP contribution in [0.1, 0.15) is 26.3 Å². The number of phenols is 1. The summed E-state index contributed by atoms with van der Waals surface area (Å²) < 4.78 is 5.97. The van der Waals surface area contributed by atoms with Gasteiger partial charge < -0.3 is 15.4 Å². The predicted octanol–water partition coefficient (Wildman–Crippen LogP) is 3.69. The van der Waals surface area contributed by atoms with E-state index in [1.165, 1.54) is 0 Å². The highest BCUT2D eigenvalue weighted by molar-refractivity contribution is 9.10. The van der Waals surface area contributed by atoms with E-state index < -0.39 is 0 Å². The van der Waals surface area contributed by atoms with Gasteiger partial charge in [0.2, 0.25) is 0 Å². The zero-order chi connectivity index (χ0) is 13.5. The molecule has 0 radical (unpaired) electrons. The third-order valence-electron chi connectivity index (χ3n) is 2.68. The fraction of sp³-hybridized carbons (Fsp3) is 0.308. The SMILES string of the molecule is CC(C)(C)c1cc(Br)cc(-c2cc(N)no2)c1O. The number of halogens is 1. The first-order valence-corrected chi connectivity index (χ1v) is 6.34. The lowest BCUT2D eigenvalue weighted by Crippen LogP contribution is -2.11. The number of aromatic hydroxyl groups is 1. The highest BCUT2D eigenvalue weighted by atomic mass is 79.9. The monoisotopic (exact) mass is 310 g/mol. The first-order chi connectivity index (χ1) is 8.29. The van der Waals surface area contributed by atoms with Gasteiger partial charge in [0.05, 0.1) is 5.56 Å². The molecule has 18 heavy (non-hydrogen) atoms. The summed E-state index contributed by atoms with van der Waals surface area (Å²) in [7, 11) is 0. The second-order valence-electron chi connectivity index (χ2n) is 5.22. The summed E-state index contributed by atoms with van der Waals surface area (Å²) in [4.78, 5) is 0. The molecular weight excluding hydrogens is 296 g/mol. The molecule has 0 aliphatic rings. The standard InChI is InChI=1S/C13H15BrN2O2/c1-13(2,3)9-5-7(14)4-8(12(9)17)10-6-11(15)16-18-10/h4-6,17H,1-3H3,(H2,15,16). The van der Waals surface area contributed by atoms with E-state index in [0.29, 0.717) is 17.1 Å². The molecule has 0 fully saturated rings. The van der Waals surface area contributed by atoms with Gasteiger partial charge in [-0.1, -0.05) is 41.9 Å². The number of aromatic nitrogens is 1. The lowest BCUT2D eigenvalue weighted by atomic mass is 9.85. The van der Waals surface area contributed by atoms with Crippen LogP contribution in [0.25, 0.3) is 11.3 Å². The van der Waals surface area contributed by atoms with Crippen molar-refractivity contribution in [2.45, 2.75) is 26.2 Å². The fourth-order valence-electron chi connectivity index (χ4n) is 1.77. The van der Waals surface area contributed by atoms with Crippen LogP contribution in [0, 0.1) is 0 Å². The summed E-state index contributed by atoms with van der Waals surface area (Å²) in [6.45, 7) is 6.10. The Balaban J connectivity index is 2.66. The van der Waals surface area contributed by atoms with Crippen LogP contribution in [0.5, 0.6) is 5.75 Å². The molecule has 0 unspecified atom stereocenters. The fourth-order valence-corrected chi connectivity index (χ4v) is 2.23. The molecule has 2 aromatic rings. The summed E-state index contributed by atoms with van der Waals surface area (Å²) in [5, 5.41) is 14.0. The van der Waals surface area contributed by atoms with Gasteiger partial charge in [0.15, 0.2) is 11.6 Å². The van der Waals surface area contributed by atoms with Gasteiger partial charge >= 0.3 is 0 Å². The molecule has 96 valence electrons. The summed E-state index contributed by atoms with van der Waals surface area (Å²) >= 11 is 3.44. The van der Waals surface area contributed by atoms with Crippen molar-refractivity contribution in [3.8, 4) is 17.1 Å². The highest BCUT2D eigenvalue weighted by Crippen LogP contribution is 2.41. The Bertz CT molecular complexity index is 585. The molecule has 0 atom stereocenters. The van der Waals surface area contributed by atoms with Crippen molar-refractivity contribution in [1.82, 2.24) is 5.16 Å². The summed E-state index contributed by atoms with van der Waals surface area (Å²) in [6, 6.07) is 5.27. The predicted molar refractivity (Wildman–Crippen MR) is 74.4 cm³/mol. The second-order valence-corrected chi connectivity index (χ2v) is 6.13. The topological polar surface area (TPSA) is 72.3 Å². The Morgan fingerprint density at radius 3 is 2.44 bits per heavy atom. The average molecular weight is 311 g/mol. The minimum atomic E-state index is -0.172. The Hall–Kier alpha value is -1.49. The first kappa shape index (κ1) is 13.0. The van der Waals surface area contributed by atoms with Crippen molar-refractivity contribution in [3.05, 3.63) is 28.2 Å². The van der Waals surface area contributed by atoms with Crippen LogP contribution in [0.2, 0.25) is 0 Å². The normalized spacial score (nSPS) is 11.8. The minimum absolute atomic E-state index is 0.172. The van der Waals surface area contributed by atoms with E-state index in [0.717, 1.165) is 10.0 Å². The number of hydrogen-bond donors (Lipinski definition) is 2. The Morgan fingerprint density at radius 2 is 1.94 bits per heavy atom. The quantitative estimate of drug-likeness (QED) is 0.842. The van der Waals surface area contributed by atoms with E-state index in [-0.39, 0.29) is 11.2 Å². The molecule has 0 aliphatic carbocycles. The smallest absolute Gasteiger partial charge is 0.172 e. The van der Waals surface area contributed by atoms with E-state index in [4.69, 9.17) is 10.3 Å². The first-order valence-electron chi connectivity index (χ1n) is 5.54. The summed E-state index contributed by atoms with van der Waals surface area (Å²) in [6.07, 6.45) is 0. The van der Waals surface area contributed by atoms with Gasteiger partial charge in [-0.2, -0.15) is 0 Å². The van der Waals surface area contributed by atoms with Crippen molar-refractivity contribution in [2.75, 3.05) is 5.73 Å². The maximum atomic E-state index is 10.4. The zero-order valence-corrected chi connectivity index (χ0v) is 12.1. The van der Waals surface area contributed by atoms with Gasteiger partial charge in [0.1, 0.15) is 5.75 Å². The van der Waals surface area contributed by atoms with Crippen LogP contribution in [0.3, 0.4) is 0 Å². The van der Waals surface area contributed by atoms with Crippen LogP contribution in [0.4, 0.5) is 5.82 Å². The number of benzene rings is 1. The van der Waals surface area contributed by atoms with Crippen molar-refractivity contribution in [1.29, 1.82) is 0 Å². The zero-order valence-electron chi connectivity index (χ0n) is 10.5. The lowest BCUT2D eigenvalue weighted by molar-refractivity contribution is 0.423. The van der Waals surface area contributed by atoms with Crippen molar-refractivity contribution >= 4 is 21.7 Å². The molecule has 2 rings (SSSR count). The molecule has 0 spiro atoms. The molecule has 0 saturated carbocycles. The average Bonchev–Trinajstić information content (AvgIpc) is 2.66. The number of nitrogen functional groups attached to an aromatic ring is 1. The van der Waals surface area contributed by atoms with Gasteiger partial charge in [0.25, 0.3) is 0 Å². The van der Waals surface area contributed by atoms with E-state index in [1.54, 1.807) is 12.1 Å². The number of phenolic OH excluding ortho intramolecular Hbond substituents is 1. The van der Waals surface area contributed by atoms with Gasteiger partial charge in [-0.15, -0.1) is 0 Å². The lowest BCUT2D eigenvalue weighted by Gasteiger charge is -2.22. The number of nitrogens with zero attached hydrogens (tertiary/aromatic N) is 1. The Labute approximate surface area is 114 Å². The molecule has 4 nitrogen and oxygen atoms in total. The molecule has 0 saturated heterocycles. The maximum absolute atomic E-state index is 10.4. The van der Waals surface area contributed by atoms with Crippen molar-refractivity contribution in [2.24, 2.45) is 0 Å². The maximum Gasteiger partial charge on any atom is 0.172 e. The number of nitrogens with two attached hydrogens (primary N) is 1. The summed E-state index contributed by atoms with van der Waals surface area (Å²) in [5.74, 6) is 0.945. The molecule has 0 aliphatic heterocycles. The van der Waals surface area contributed by atoms with E-state index in [2.05, 4.69) is 21.1 Å². The third-order valence-corrected chi connectivity index (χ3v) is 3.13. The molecule has 1 heterocycles. The van der Waals surface area contributed by atoms with Crippen LogP contribution in [0.15, 0.2) is 27.2 Å². The molecular formula is C13H15BrN2O2. The van der Waals surface area contributed by atoms with E-state index >= 15 is 0 Å². The van der Waals surface area contributed by atoms with Gasteiger partial charge in [-0.25, -0.2) is 0 Å². The van der Waals surface area contributed by atoms with Crippen LogP contribution < -0.4 is 5.73 Å². The van der Waals surface area contributed by atoms with Crippen LogP contribution >= 0.6 is 15.9 Å². The molecule has 5 heteroatoms. The molecule has 0 bridgehead atoms. The molecule has 1 aromatic carbocycles. The number of anilines is 1. The number of rotatable bonds is 1. The third kappa shape index (κ3) is 2.36. The van der Waals surface area contributed by atoms with Gasteiger partial charge in [-0.05, 0) is 17.5 Å². The largest absolute Gasteiger partial charge is 0.507 e. The highest BCUT2D eigenvalue weighted by Gasteiger charge is 2.23. The van der Waals surface area contributed by atoms with Gasteiger partial charge in [-0.3, -0.25) is 0 Å². The van der Waals surface area contributed by atoms with Crippen molar-refractivity contribution < 1.29 is 9.63 Å². The molecule has 1 aromatic heterocycles. The van der Waals surface area contributed by atoms with E-state index in [1.807, 2.05) is 26.8 Å². The summed E-state index contributed by atoms with van der Waals surface area (Å²) in [5.41, 5.74) is 6.77. The Kier molecular flexibility index (Phi) is 3.11. The van der Waals surface area contributed by atoms with Crippen LogP contribution in [-0.2, 0) is 5.41 Å². The van der Waals surface area contributed by atoms with Crippen LogP contribution in [-0.4, -0.2) is 10.3 Å². The molecule has 0 amide bonds.